The highest BCUT2D eigenvalue weighted by Crippen LogP contribution is 2.16. The minimum Gasteiger partial charge on any atom is -0.380 e. The molecule has 0 unspecified atom stereocenters. The number of aryl methyl sites for hydroxylation is 1. The van der Waals surface area contributed by atoms with Crippen LogP contribution in [-0.4, -0.2) is 15.5 Å². The van der Waals surface area contributed by atoms with Crippen LogP contribution in [0.15, 0.2) is 47.4 Å². The lowest BCUT2D eigenvalue weighted by Crippen LogP contribution is -2.24. The minimum atomic E-state index is -3.89. The molecule has 0 aliphatic rings. The molecule has 0 aromatic heterocycles. The summed E-state index contributed by atoms with van der Waals surface area (Å²) in [6.07, 6.45) is 0. The van der Waals surface area contributed by atoms with Crippen LogP contribution in [-0.2, 0) is 27.9 Å². The Morgan fingerprint density at radius 1 is 1.14 bits per heavy atom. The summed E-state index contributed by atoms with van der Waals surface area (Å²) in [6.45, 7) is 2.26. The van der Waals surface area contributed by atoms with Crippen LogP contribution in [0.2, 0.25) is 0 Å². The largest absolute Gasteiger partial charge is 0.380 e. The Morgan fingerprint density at radius 3 is 2.59 bits per heavy atom. The quantitative estimate of drug-likeness (QED) is 0.889. The zero-order chi connectivity index (χ0) is 16.2. The molecule has 118 valence electrons. The summed E-state index contributed by atoms with van der Waals surface area (Å²) in [5.74, 6) is -0.758. The van der Waals surface area contributed by atoms with Crippen molar-refractivity contribution < 1.29 is 17.5 Å². The van der Waals surface area contributed by atoms with Crippen molar-refractivity contribution in [3.63, 3.8) is 0 Å². The molecular weight excluding hydrogens is 305 g/mol. The second-order valence-electron chi connectivity index (χ2n) is 5.01. The van der Waals surface area contributed by atoms with Gasteiger partial charge in [-0.1, -0.05) is 30.3 Å². The molecule has 0 aliphatic carbocycles. The predicted octanol–water partition coefficient (Wildman–Crippen LogP) is 2.76. The van der Waals surface area contributed by atoms with Gasteiger partial charge in [-0.15, -0.1) is 0 Å². The van der Waals surface area contributed by atoms with Gasteiger partial charge in [-0.05, 0) is 35.7 Å². The van der Waals surface area contributed by atoms with E-state index in [0.717, 1.165) is 17.2 Å². The van der Waals surface area contributed by atoms with Crippen LogP contribution in [0.1, 0.15) is 16.7 Å². The first-order chi connectivity index (χ1) is 10.4. The van der Waals surface area contributed by atoms with E-state index in [4.69, 9.17) is 4.74 Å². The molecule has 0 bridgehead atoms. The second kappa shape index (κ2) is 7.00. The fourth-order valence-corrected chi connectivity index (χ4v) is 3.25. The average molecular weight is 323 g/mol. The maximum absolute atomic E-state index is 13.7. The summed E-state index contributed by atoms with van der Waals surface area (Å²) in [5, 5.41) is 0. The van der Waals surface area contributed by atoms with E-state index in [2.05, 4.69) is 4.72 Å². The minimum absolute atomic E-state index is 0.0905. The van der Waals surface area contributed by atoms with Crippen LogP contribution >= 0.6 is 0 Å². The van der Waals surface area contributed by atoms with Gasteiger partial charge in [0, 0.05) is 13.7 Å². The molecule has 2 aromatic rings. The van der Waals surface area contributed by atoms with Crippen molar-refractivity contribution >= 4 is 10.0 Å². The van der Waals surface area contributed by atoms with Gasteiger partial charge in [0.1, 0.15) is 10.7 Å². The van der Waals surface area contributed by atoms with Crippen LogP contribution in [0.3, 0.4) is 0 Å². The van der Waals surface area contributed by atoms with E-state index in [1.807, 2.05) is 18.2 Å². The lowest BCUT2D eigenvalue weighted by atomic mass is 10.1. The van der Waals surface area contributed by atoms with Gasteiger partial charge in [0.05, 0.1) is 6.61 Å². The molecule has 0 heterocycles. The van der Waals surface area contributed by atoms with Crippen molar-refractivity contribution in [3.05, 3.63) is 65.0 Å². The number of benzene rings is 2. The van der Waals surface area contributed by atoms with E-state index in [0.29, 0.717) is 12.2 Å². The standard InChI is InChI=1S/C16H18FNO3S/c1-12-6-7-15(17)16(8-12)22(19,20)18-10-13-4-3-5-14(9-13)11-21-2/h3-9,18H,10-11H2,1-2H3. The van der Waals surface area contributed by atoms with Crippen molar-refractivity contribution in [2.75, 3.05) is 7.11 Å². The van der Waals surface area contributed by atoms with Crippen LogP contribution in [0.5, 0.6) is 0 Å². The molecular formula is C16H18FNO3S. The van der Waals surface area contributed by atoms with Crippen molar-refractivity contribution in [1.29, 1.82) is 0 Å². The number of halogens is 1. The molecule has 0 aliphatic heterocycles. The Balaban J connectivity index is 2.16. The molecule has 0 radical (unpaired) electrons. The highest BCUT2D eigenvalue weighted by molar-refractivity contribution is 7.89. The summed E-state index contributed by atoms with van der Waals surface area (Å²) in [6, 6.07) is 11.4. The monoisotopic (exact) mass is 323 g/mol. The lowest BCUT2D eigenvalue weighted by Gasteiger charge is -2.09. The van der Waals surface area contributed by atoms with Crippen LogP contribution in [0.4, 0.5) is 4.39 Å². The first-order valence-corrected chi connectivity index (χ1v) is 8.23. The van der Waals surface area contributed by atoms with Gasteiger partial charge >= 0.3 is 0 Å². The van der Waals surface area contributed by atoms with E-state index >= 15 is 0 Å². The molecule has 0 atom stereocenters. The van der Waals surface area contributed by atoms with Gasteiger partial charge in [0.25, 0.3) is 0 Å². The zero-order valence-electron chi connectivity index (χ0n) is 12.5. The van der Waals surface area contributed by atoms with Crippen LogP contribution < -0.4 is 4.72 Å². The van der Waals surface area contributed by atoms with Crippen molar-refractivity contribution in [2.24, 2.45) is 0 Å². The topological polar surface area (TPSA) is 55.4 Å². The fourth-order valence-electron chi connectivity index (χ4n) is 2.07. The summed E-state index contributed by atoms with van der Waals surface area (Å²) >= 11 is 0. The molecule has 0 saturated heterocycles. The Morgan fingerprint density at radius 2 is 1.86 bits per heavy atom. The summed E-state index contributed by atoms with van der Waals surface area (Å²) in [7, 11) is -2.30. The predicted molar refractivity (Wildman–Crippen MR) is 82.3 cm³/mol. The van der Waals surface area contributed by atoms with Gasteiger partial charge < -0.3 is 4.74 Å². The van der Waals surface area contributed by atoms with Crippen LogP contribution in [0, 0.1) is 12.7 Å². The van der Waals surface area contributed by atoms with Crippen molar-refractivity contribution in [2.45, 2.75) is 25.0 Å². The lowest BCUT2D eigenvalue weighted by molar-refractivity contribution is 0.185. The van der Waals surface area contributed by atoms with E-state index in [9.17, 15) is 12.8 Å². The molecule has 2 aromatic carbocycles. The number of hydrogen-bond donors (Lipinski definition) is 1. The van der Waals surface area contributed by atoms with E-state index < -0.39 is 15.8 Å². The highest BCUT2D eigenvalue weighted by Gasteiger charge is 2.18. The van der Waals surface area contributed by atoms with Gasteiger partial charge in [0.15, 0.2) is 0 Å². The molecule has 0 saturated carbocycles. The number of hydrogen-bond acceptors (Lipinski definition) is 3. The van der Waals surface area contributed by atoms with Gasteiger partial charge in [-0.25, -0.2) is 17.5 Å². The molecule has 2 rings (SSSR count). The third kappa shape index (κ3) is 4.13. The molecule has 6 heteroatoms. The second-order valence-corrected chi connectivity index (χ2v) is 6.75. The fraction of sp³-hybridized carbons (Fsp3) is 0.250. The van der Waals surface area contributed by atoms with E-state index in [1.165, 1.54) is 12.1 Å². The maximum atomic E-state index is 13.7. The van der Waals surface area contributed by atoms with Gasteiger partial charge in [-0.3, -0.25) is 0 Å². The highest BCUT2D eigenvalue weighted by atomic mass is 32.2. The Hall–Kier alpha value is -1.76. The molecule has 1 N–H and O–H groups in total. The summed E-state index contributed by atoms with van der Waals surface area (Å²) < 4.78 is 45.6. The Labute approximate surface area is 130 Å². The van der Waals surface area contributed by atoms with Gasteiger partial charge in [-0.2, -0.15) is 0 Å². The van der Waals surface area contributed by atoms with Crippen molar-refractivity contribution in [3.8, 4) is 0 Å². The van der Waals surface area contributed by atoms with Crippen molar-refractivity contribution in [1.82, 2.24) is 4.72 Å². The number of nitrogens with one attached hydrogen (secondary N) is 1. The zero-order valence-corrected chi connectivity index (χ0v) is 13.3. The normalized spacial score (nSPS) is 11.6. The van der Waals surface area contributed by atoms with Crippen LogP contribution in [0.25, 0.3) is 0 Å². The summed E-state index contributed by atoms with van der Waals surface area (Å²) in [5.41, 5.74) is 2.41. The number of sulfonamides is 1. The third-order valence-electron chi connectivity index (χ3n) is 3.14. The number of ether oxygens (including phenoxy) is 1. The number of methoxy groups -OCH3 is 1. The smallest absolute Gasteiger partial charge is 0.243 e. The Kier molecular flexibility index (Phi) is 5.28. The molecule has 0 fully saturated rings. The van der Waals surface area contributed by atoms with E-state index in [1.54, 1.807) is 20.1 Å². The summed E-state index contributed by atoms with van der Waals surface area (Å²) in [4.78, 5) is -0.333. The number of rotatable bonds is 6. The first-order valence-electron chi connectivity index (χ1n) is 6.75. The van der Waals surface area contributed by atoms with E-state index in [-0.39, 0.29) is 11.4 Å². The molecule has 0 amide bonds. The molecule has 0 spiro atoms. The third-order valence-corrected chi connectivity index (χ3v) is 4.56. The van der Waals surface area contributed by atoms with Gasteiger partial charge in [0.2, 0.25) is 10.0 Å². The maximum Gasteiger partial charge on any atom is 0.243 e. The Bertz CT molecular complexity index is 760. The first kappa shape index (κ1) is 16.6. The molecule has 4 nitrogen and oxygen atoms in total. The molecule has 22 heavy (non-hydrogen) atoms. The SMILES string of the molecule is COCc1cccc(CNS(=O)(=O)c2cc(C)ccc2F)c1. The average Bonchev–Trinajstić information content (AvgIpc) is 2.48.